The fourth-order valence-corrected chi connectivity index (χ4v) is 1.00. The molecule has 1 aromatic rings. The monoisotopic (exact) mass is 198 g/mol. The third-order valence-electron chi connectivity index (χ3n) is 1.56. The van der Waals surface area contributed by atoms with E-state index in [1.165, 1.54) is 12.1 Å². The number of hydrogen-bond donors (Lipinski definition) is 4. The molecule has 0 heterocycles. The highest BCUT2D eigenvalue weighted by Gasteiger charge is 2.07. The van der Waals surface area contributed by atoms with E-state index in [1.807, 2.05) is 0 Å². The summed E-state index contributed by atoms with van der Waals surface area (Å²) in [7, 11) is 0. The molecule has 13 heavy (non-hydrogen) atoms. The van der Waals surface area contributed by atoms with Gasteiger partial charge in [0.15, 0.2) is 11.5 Å². The molecule has 0 radical (unpaired) electrons. The summed E-state index contributed by atoms with van der Waals surface area (Å²) in [5.41, 5.74) is 0.448. The molecule has 0 unspecified atom stereocenters. The molecule has 0 aliphatic carbocycles. The molecule has 0 fully saturated rings. The second-order valence-corrected chi connectivity index (χ2v) is 2.82. The van der Waals surface area contributed by atoms with Crippen LogP contribution in [0.25, 0.3) is 6.08 Å². The van der Waals surface area contributed by atoms with Crippen LogP contribution in [0.3, 0.4) is 0 Å². The van der Waals surface area contributed by atoms with Gasteiger partial charge in [0.05, 0.1) is 0 Å². The number of thiol groups is 1. The van der Waals surface area contributed by atoms with E-state index < -0.39 is 5.75 Å². The van der Waals surface area contributed by atoms with E-state index in [4.69, 9.17) is 10.2 Å². The maximum Gasteiger partial charge on any atom is 0.200 e. The number of hydrogen-bond acceptors (Lipinski definition) is 4. The van der Waals surface area contributed by atoms with Gasteiger partial charge in [-0.05, 0) is 12.1 Å². The standard InChI is InChI=1S/C9H10O3S/c10-7-4-3-6(2-1-5-13)8(11)9(7)12/h1-4,10-13H,5H2. The summed E-state index contributed by atoms with van der Waals surface area (Å²) >= 11 is 3.95. The highest BCUT2D eigenvalue weighted by molar-refractivity contribution is 7.80. The molecule has 3 nitrogen and oxygen atoms in total. The van der Waals surface area contributed by atoms with Crippen LogP contribution in [-0.4, -0.2) is 21.1 Å². The fraction of sp³-hybridized carbons (Fsp3) is 0.111. The van der Waals surface area contributed by atoms with Gasteiger partial charge in [-0.3, -0.25) is 0 Å². The summed E-state index contributed by atoms with van der Waals surface area (Å²) in [6, 6.07) is 2.82. The molecule has 0 aliphatic rings. The van der Waals surface area contributed by atoms with Gasteiger partial charge in [0.2, 0.25) is 5.75 Å². The van der Waals surface area contributed by atoms with Crippen molar-refractivity contribution < 1.29 is 15.3 Å². The maximum atomic E-state index is 9.32. The molecule has 4 heteroatoms. The van der Waals surface area contributed by atoms with Crippen LogP contribution < -0.4 is 0 Å². The lowest BCUT2D eigenvalue weighted by atomic mass is 10.1. The van der Waals surface area contributed by atoms with E-state index in [9.17, 15) is 5.11 Å². The van der Waals surface area contributed by atoms with Crippen molar-refractivity contribution in [3.8, 4) is 17.2 Å². The first kappa shape index (κ1) is 9.80. The first-order valence-electron chi connectivity index (χ1n) is 3.68. The molecule has 0 atom stereocenters. The van der Waals surface area contributed by atoms with Gasteiger partial charge in [0, 0.05) is 11.3 Å². The van der Waals surface area contributed by atoms with E-state index >= 15 is 0 Å². The summed E-state index contributed by atoms with van der Waals surface area (Å²) in [5, 5.41) is 27.5. The van der Waals surface area contributed by atoms with Crippen molar-refractivity contribution in [1.29, 1.82) is 0 Å². The third-order valence-corrected chi connectivity index (χ3v) is 1.77. The Bertz CT molecular complexity index is 334. The van der Waals surface area contributed by atoms with Crippen LogP contribution in [0.2, 0.25) is 0 Å². The first-order valence-corrected chi connectivity index (χ1v) is 4.31. The molecule has 1 aromatic carbocycles. The van der Waals surface area contributed by atoms with Gasteiger partial charge in [-0.1, -0.05) is 12.2 Å². The van der Waals surface area contributed by atoms with Gasteiger partial charge in [0.1, 0.15) is 0 Å². The molecule has 0 amide bonds. The largest absolute Gasteiger partial charge is 0.504 e. The van der Waals surface area contributed by atoms with Crippen LogP contribution in [0.15, 0.2) is 18.2 Å². The van der Waals surface area contributed by atoms with E-state index in [2.05, 4.69) is 12.6 Å². The zero-order chi connectivity index (χ0) is 9.84. The Morgan fingerprint density at radius 2 is 1.85 bits per heavy atom. The Balaban J connectivity index is 3.11. The third kappa shape index (κ3) is 2.09. The van der Waals surface area contributed by atoms with Crippen LogP contribution in [0.1, 0.15) is 5.56 Å². The van der Waals surface area contributed by atoms with E-state index in [-0.39, 0.29) is 11.5 Å². The molecule has 0 saturated carbocycles. The van der Waals surface area contributed by atoms with Crippen LogP contribution in [0.4, 0.5) is 0 Å². The normalized spacial score (nSPS) is 10.8. The van der Waals surface area contributed by atoms with E-state index in [1.54, 1.807) is 12.2 Å². The lowest BCUT2D eigenvalue weighted by molar-refractivity contribution is 0.367. The molecular formula is C9H10O3S. The van der Waals surface area contributed by atoms with Crippen molar-refractivity contribution in [3.05, 3.63) is 23.8 Å². The summed E-state index contributed by atoms with van der Waals surface area (Å²) in [5.74, 6) is -0.610. The van der Waals surface area contributed by atoms with Gasteiger partial charge >= 0.3 is 0 Å². The SMILES string of the molecule is Oc1ccc(C=CCS)c(O)c1O. The summed E-state index contributed by atoms with van der Waals surface area (Å²) < 4.78 is 0. The molecule has 0 aromatic heterocycles. The number of aromatic hydroxyl groups is 3. The quantitative estimate of drug-likeness (QED) is 0.432. The molecule has 70 valence electrons. The van der Waals surface area contributed by atoms with Crippen molar-refractivity contribution in [2.24, 2.45) is 0 Å². The second kappa shape index (κ2) is 4.09. The topological polar surface area (TPSA) is 60.7 Å². The van der Waals surface area contributed by atoms with E-state index in [0.717, 1.165) is 0 Å². The second-order valence-electron chi connectivity index (χ2n) is 2.46. The Morgan fingerprint density at radius 3 is 2.46 bits per heavy atom. The molecule has 3 N–H and O–H groups in total. The summed E-state index contributed by atoms with van der Waals surface area (Å²) in [4.78, 5) is 0. The minimum atomic E-state index is -0.499. The maximum absolute atomic E-state index is 9.32. The number of phenolic OH excluding ortho intramolecular Hbond substituents is 3. The highest BCUT2D eigenvalue weighted by atomic mass is 32.1. The zero-order valence-electron chi connectivity index (χ0n) is 6.81. The molecule has 0 bridgehead atoms. The number of benzene rings is 1. The van der Waals surface area contributed by atoms with Crippen LogP contribution in [-0.2, 0) is 0 Å². The van der Waals surface area contributed by atoms with Crippen molar-refractivity contribution in [1.82, 2.24) is 0 Å². The fourth-order valence-electron chi connectivity index (χ4n) is 0.899. The van der Waals surface area contributed by atoms with Crippen LogP contribution in [0.5, 0.6) is 17.2 Å². The Kier molecular flexibility index (Phi) is 3.08. The average molecular weight is 198 g/mol. The number of phenols is 3. The van der Waals surface area contributed by atoms with Crippen molar-refractivity contribution in [3.63, 3.8) is 0 Å². The lowest BCUT2D eigenvalue weighted by Crippen LogP contribution is -1.77. The molecule has 0 saturated heterocycles. The van der Waals surface area contributed by atoms with Gasteiger partial charge in [-0.15, -0.1) is 0 Å². The Hall–Kier alpha value is -1.29. The smallest absolute Gasteiger partial charge is 0.200 e. The molecule has 1 rings (SSSR count). The Labute approximate surface area is 81.4 Å². The average Bonchev–Trinajstić information content (AvgIpc) is 2.13. The lowest BCUT2D eigenvalue weighted by Gasteiger charge is -2.03. The predicted molar refractivity (Wildman–Crippen MR) is 54.3 cm³/mol. The van der Waals surface area contributed by atoms with Gasteiger partial charge in [0.25, 0.3) is 0 Å². The van der Waals surface area contributed by atoms with Crippen LogP contribution in [0, 0.1) is 0 Å². The van der Waals surface area contributed by atoms with Gasteiger partial charge < -0.3 is 15.3 Å². The zero-order valence-corrected chi connectivity index (χ0v) is 7.70. The summed E-state index contributed by atoms with van der Waals surface area (Å²) in [6.07, 6.45) is 3.33. The minimum Gasteiger partial charge on any atom is -0.504 e. The Morgan fingerprint density at radius 1 is 1.15 bits per heavy atom. The van der Waals surface area contributed by atoms with Crippen molar-refractivity contribution in [2.75, 3.05) is 5.75 Å². The molecular weight excluding hydrogens is 188 g/mol. The van der Waals surface area contributed by atoms with Crippen molar-refractivity contribution in [2.45, 2.75) is 0 Å². The molecule has 0 aliphatic heterocycles. The molecule has 0 spiro atoms. The highest BCUT2D eigenvalue weighted by Crippen LogP contribution is 2.37. The van der Waals surface area contributed by atoms with Crippen LogP contribution >= 0.6 is 12.6 Å². The van der Waals surface area contributed by atoms with Gasteiger partial charge in [-0.25, -0.2) is 0 Å². The predicted octanol–water partition coefficient (Wildman–Crippen LogP) is 1.75. The summed E-state index contributed by atoms with van der Waals surface area (Å²) in [6.45, 7) is 0. The number of rotatable bonds is 2. The minimum absolute atomic E-state index is 0.321. The van der Waals surface area contributed by atoms with Gasteiger partial charge in [-0.2, -0.15) is 12.6 Å². The first-order chi connectivity index (χ1) is 6.16. The van der Waals surface area contributed by atoms with Crippen molar-refractivity contribution >= 4 is 18.7 Å². The van der Waals surface area contributed by atoms with E-state index in [0.29, 0.717) is 11.3 Å².